The molecule has 2 aromatic rings. The van der Waals surface area contributed by atoms with E-state index in [-0.39, 0.29) is 5.69 Å². The summed E-state index contributed by atoms with van der Waals surface area (Å²) in [7, 11) is 0. The normalized spacial score (nSPS) is 10.6. The first-order valence-corrected chi connectivity index (χ1v) is 6.19. The number of carbonyl (C=O) groups is 2. The Morgan fingerprint density at radius 2 is 2.14 bits per heavy atom. The molecule has 0 aliphatic carbocycles. The van der Waals surface area contributed by atoms with Crippen LogP contribution in [0.1, 0.15) is 28.7 Å². The van der Waals surface area contributed by atoms with Gasteiger partial charge in [0.05, 0.1) is 6.21 Å². The minimum Gasteiger partial charge on any atom is -0.426 e. The zero-order chi connectivity index (χ0) is 15.2. The van der Waals surface area contributed by atoms with E-state index in [2.05, 4.69) is 20.7 Å². The van der Waals surface area contributed by atoms with E-state index in [9.17, 15) is 9.59 Å². The number of nitrogens with one attached hydrogen (secondary N) is 2. The number of aromatic amines is 1. The maximum Gasteiger partial charge on any atom is 0.308 e. The van der Waals surface area contributed by atoms with Crippen molar-refractivity contribution in [2.75, 3.05) is 0 Å². The van der Waals surface area contributed by atoms with Crippen LogP contribution in [0.3, 0.4) is 0 Å². The molecule has 0 spiro atoms. The zero-order valence-electron chi connectivity index (χ0n) is 11.6. The number of para-hydroxylation sites is 1. The van der Waals surface area contributed by atoms with Gasteiger partial charge in [-0.25, -0.2) is 5.43 Å². The van der Waals surface area contributed by atoms with Crippen LogP contribution in [0.4, 0.5) is 0 Å². The summed E-state index contributed by atoms with van der Waals surface area (Å²) < 4.78 is 5.03. The van der Waals surface area contributed by atoms with Gasteiger partial charge in [0.2, 0.25) is 0 Å². The molecule has 0 radical (unpaired) electrons. The molecule has 0 saturated carbocycles. The van der Waals surface area contributed by atoms with Crippen molar-refractivity contribution in [2.24, 2.45) is 5.10 Å². The molecule has 1 amide bonds. The number of ether oxygens (including phenoxy) is 1. The molecule has 1 aromatic carbocycles. The molecular formula is C14H14N4O3. The fourth-order valence-corrected chi connectivity index (χ4v) is 1.59. The van der Waals surface area contributed by atoms with Crippen molar-refractivity contribution >= 4 is 18.1 Å². The summed E-state index contributed by atoms with van der Waals surface area (Å²) >= 11 is 0. The molecule has 2 N–H and O–H groups in total. The topological polar surface area (TPSA) is 96.4 Å². The fourth-order valence-electron chi connectivity index (χ4n) is 1.59. The van der Waals surface area contributed by atoms with Crippen LogP contribution in [-0.4, -0.2) is 28.3 Å². The second-order valence-corrected chi connectivity index (χ2v) is 4.27. The van der Waals surface area contributed by atoms with E-state index in [1.807, 2.05) is 0 Å². The highest BCUT2D eigenvalue weighted by Crippen LogP contribution is 2.15. The van der Waals surface area contributed by atoms with E-state index >= 15 is 0 Å². The third-order valence-electron chi connectivity index (χ3n) is 2.48. The Balaban J connectivity index is 2.04. The number of hydrazone groups is 1. The predicted octanol–water partition coefficient (Wildman–Crippen LogP) is 1.41. The standard InChI is InChI=1S/C14H14N4O3/c1-9-7-12(17-16-9)14(20)18-15-8-11-5-3-4-6-13(11)21-10(2)19/h3-8H,1-2H3,(H,16,17)(H,18,20)/b15-8+. The number of hydrogen-bond donors (Lipinski definition) is 2. The SMILES string of the molecule is CC(=O)Oc1ccccc1/C=N/NC(=O)c1cc(C)[nH]n1. The quantitative estimate of drug-likeness (QED) is 0.384. The Labute approximate surface area is 121 Å². The van der Waals surface area contributed by atoms with Gasteiger partial charge in [0.1, 0.15) is 5.75 Å². The van der Waals surface area contributed by atoms with E-state index in [1.165, 1.54) is 13.1 Å². The van der Waals surface area contributed by atoms with Crippen molar-refractivity contribution in [3.05, 3.63) is 47.3 Å². The molecule has 1 heterocycles. The first-order chi connectivity index (χ1) is 10.1. The molecule has 2 rings (SSSR count). The molecule has 0 atom stereocenters. The molecule has 21 heavy (non-hydrogen) atoms. The summed E-state index contributed by atoms with van der Waals surface area (Å²) in [6.45, 7) is 3.11. The first kappa shape index (κ1) is 14.4. The number of H-pyrrole nitrogens is 1. The number of rotatable bonds is 4. The second-order valence-electron chi connectivity index (χ2n) is 4.27. The minimum atomic E-state index is -0.430. The van der Waals surface area contributed by atoms with Gasteiger partial charge in [0.25, 0.3) is 5.91 Å². The summed E-state index contributed by atoms with van der Waals surface area (Å²) in [5.41, 5.74) is 3.95. The summed E-state index contributed by atoms with van der Waals surface area (Å²) in [6.07, 6.45) is 1.40. The Bertz CT molecular complexity index is 691. The van der Waals surface area contributed by atoms with Gasteiger partial charge in [-0.15, -0.1) is 0 Å². The van der Waals surface area contributed by atoms with Crippen molar-refractivity contribution in [2.45, 2.75) is 13.8 Å². The van der Waals surface area contributed by atoms with Gasteiger partial charge in [-0.05, 0) is 25.1 Å². The van der Waals surface area contributed by atoms with Gasteiger partial charge in [-0.3, -0.25) is 14.7 Å². The van der Waals surface area contributed by atoms with Crippen LogP contribution in [0.25, 0.3) is 0 Å². The van der Waals surface area contributed by atoms with Crippen LogP contribution in [0.2, 0.25) is 0 Å². The average Bonchev–Trinajstić information content (AvgIpc) is 2.87. The molecule has 0 bridgehead atoms. The van der Waals surface area contributed by atoms with Gasteiger partial charge in [-0.1, -0.05) is 12.1 Å². The number of esters is 1. The lowest BCUT2D eigenvalue weighted by Crippen LogP contribution is -2.18. The van der Waals surface area contributed by atoms with Crippen LogP contribution in [-0.2, 0) is 4.79 Å². The van der Waals surface area contributed by atoms with Gasteiger partial charge >= 0.3 is 5.97 Å². The predicted molar refractivity (Wildman–Crippen MR) is 76.1 cm³/mol. The Morgan fingerprint density at radius 3 is 2.81 bits per heavy atom. The smallest absolute Gasteiger partial charge is 0.308 e. The number of benzene rings is 1. The van der Waals surface area contributed by atoms with Crippen molar-refractivity contribution in [3.63, 3.8) is 0 Å². The lowest BCUT2D eigenvalue weighted by Gasteiger charge is -2.04. The summed E-state index contributed by atoms with van der Waals surface area (Å²) in [6, 6.07) is 8.47. The molecule has 0 saturated heterocycles. The molecule has 7 nitrogen and oxygen atoms in total. The number of amides is 1. The number of nitrogens with zero attached hydrogens (tertiary/aromatic N) is 2. The highest BCUT2D eigenvalue weighted by molar-refractivity contribution is 5.93. The lowest BCUT2D eigenvalue weighted by molar-refractivity contribution is -0.131. The van der Waals surface area contributed by atoms with E-state index < -0.39 is 11.9 Å². The third kappa shape index (κ3) is 4.00. The van der Waals surface area contributed by atoms with Gasteiger partial charge < -0.3 is 4.74 Å². The minimum absolute atomic E-state index is 0.248. The number of aryl methyl sites for hydroxylation is 1. The monoisotopic (exact) mass is 286 g/mol. The Hall–Kier alpha value is -2.96. The van der Waals surface area contributed by atoms with E-state index in [0.717, 1.165) is 5.69 Å². The maximum atomic E-state index is 11.7. The van der Waals surface area contributed by atoms with Crippen molar-refractivity contribution in [3.8, 4) is 5.75 Å². The third-order valence-corrected chi connectivity index (χ3v) is 2.48. The summed E-state index contributed by atoms with van der Waals surface area (Å²) in [5, 5.41) is 10.3. The zero-order valence-corrected chi connectivity index (χ0v) is 11.6. The van der Waals surface area contributed by atoms with Gasteiger partial charge in [0, 0.05) is 18.2 Å². The molecule has 0 aliphatic rings. The summed E-state index contributed by atoms with van der Waals surface area (Å²) in [5.74, 6) is -0.480. The highest BCUT2D eigenvalue weighted by atomic mass is 16.5. The number of hydrogen-bond acceptors (Lipinski definition) is 5. The molecule has 0 aliphatic heterocycles. The molecule has 1 aromatic heterocycles. The van der Waals surface area contributed by atoms with Gasteiger partial charge in [-0.2, -0.15) is 10.2 Å². The molecule has 0 unspecified atom stereocenters. The van der Waals surface area contributed by atoms with Crippen molar-refractivity contribution in [1.29, 1.82) is 0 Å². The lowest BCUT2D eigenvalue weighted by atomic mass is 10.2. The van der Waals surface area contributed by atoms with E-state index in [4.69, 9.17) is 4.74 Å². The van der Waals surface area contributed by atoms with Crippen LogP contribution in [0.5, 0.6) is 5.75 Å². The molecule has 0 fully saturated rings. The van der Waals surface area contributed by atoms with Crippen LogP contribution < -0.4 is 10.2 Å². The number of aromatic nitrogens is 2. The van der Waals surface area contributed by atoms with Crippen molar-refractivity contribution in [1.82, 2.24) is 15.6 Å². The van der Waals surface area contributed by atoms with Crippen LogP contribution in [0, 0.1) is 6.92 Å². The fraction of sp³-hybridized carbons (Fsp3) is 0.143. The van der Waals surface area contributed by atoms with E-state index in [1.54, 1.807) is 37.3 Å². The Kier molecular flexibility index (Phi) is 4.45. The molecular weight excluding hydrogens is 272 g/mol. The van der Waals surface area contributed by atoms with Crippen LogP contribution >= 0.6 is 0 Å². The molecule has 108 valence electrons. The first-order valence-electron chi connectivity index (χ1n) is 6.19. The second kappa shape index (κ2) is 6.47. The van der Waals surface area contributed by atoms with Gasteiger partial charge in [0.15, 0.2) is 5.69 Å². The largest absolute Gasteiger partial charge is 0.426 e. The molecule has 7 heteroatoms. The van der Waals surface area contributed by atoms with E-state index in [0.29, 0.717) is 11.3 Å². The highest BCUT2D eigenvalue weighted by Gasteiger charge is 2.08. The number of carbonyl (C=O) groups excluding carboxylic acids is 2. The average molecular weight is 286 g/mol. The maximum absolute atomic E-state index is 11.7. The van der Waals surface area contributed by atoms with Crippen LogP contribution in [0.15, 0.2) is 35.4 Å². The Morgan fingerprint density at radius 1 is 1.38 bits per heavy atom. The summed E-state index contributed by atoms with van der Waals surface area (Å²) in [4.78, 5) is 22.7. The van der Waals surface area contributed by atoms with Crippen molar-refractivity contribution < 1.29 is 14.3 Å².